The number of nitrogens with zero attached hydrogens (tertiary/aromatic N) is 1. The molecule has 4 heteroatoms. The van der Waals surface area contributed by atoms with E-state index in [0.29, 0.717) is 4.75 Å². The van der Waals surface area contributed by atoms with E-state index in [-0.39, 0.29) is 0 Å². The number of thioether (sulfide) groups is 1. The van der Waals surface area contributed by atoms with Gasteiger partial charge in [-0.2, -0.15) is 11.8 Å². The lowest BCUT2D eigenvalue weighted by atomic mass is 9.97. The first-order chi connectivity index (χ1) is 9.72. The summed E-state index contributed by atoms with van der Waals surface area (Å²) in [5.41, 5.74) is 1.62. The number of hydrogen-bond donors (Lipinski definition) is 2. The van der Waals surface area contributed by atoms with Crippen LogP contribution in [0.1, 0.15) is 51.9 Å². The van der Waals surface area contributed by atoms with Crippen molar-refractivity contribution in [3.05, 3.63) is 11.6 Å². The van der Waals surface area contributed by atoms with Gasteiger partial charge in [-0.15, -0.1) is 0 Å². The summed E-state index contributed by atoms with van der Waals surface area (Å²) < 4.78 is 0.392. The molecule has 1 aliphatic heterocycles. The number of aliphatic imine (C=N–C) groups is 1. The van der Waals surface area contributed by atoms with Crippen LogP contribution in [0, 0.1) is 0 Å². The molecule has 0 spiro atoms. The third-order valence-corrected chi connectivity index (χ3v) is 5.82. The normalized spacial score (nSPS) is 27.3. The highest BCUT2D eigenvalue weighted by atomic mass is 32.2. The van der Waals surface area contributed by atoms with Crippen molar-refractivity contribution in [3.63, 3.8) is 0 Å². The second kappa shape index (κ2) is 7.96. The minimum atomic E-state index is 0.392. The van der Waals surface area contributed by atoms with Gasteiger partial charge < -0.3 is 10.6 Å². The molecule has 0 radical (unpaired) electrons. The summed E-state index contributed by atoms with van der Waals surface area (Å²) in [6.07, 6.45) is 11.6. The first-order valence-corrected chi connectivity index (χ1v) is 8.97. The van der Waals surface area contributed by atoms with Gasteiger partial charge in [-0.3, -0.25) is 4.99 Å². The largest absolute Gasteiger partial charge is 0.356 e. The molecule has 0 aromatic heterocycles. The number of hydrogen-bond acceptors (Lipinski definition) is 2. The van der Waals surface area contributed by atoms with Crippen LogP contribution < -0.4 is 10.6 Å². The van der Waals surface area contributed by atoms with Crippen LogP contribution in [-0.2, 0) is 0 Å². The molecule has 1 atom stereocenters. The number of rotatable bonds is 5. The molecule has 1 saturated heterocycles. The van der Waals surface area contributed by atoms with Crippen molar-refractivity contribution in [2.45, 2.75) is 56.6 Å². The van der Waals surface area contributed by atoms with Crippen LogP contribution in [0.3, 0.4) is 0 Å². The minimum Gasteiger partial charge on any atom is -0.356 e. The summed E-state index contributed by atoms with van der Waals surface area (Å²) in [5, 5.41) is 6.93. The molecular weight excluding hydrogens is 266 g/mol. The second-order valence-electron chi connectivity index (χ2n) is 6.11. The quantitative estimate of drug-likeness (QED) is 0.464. The van der Waals surface area contributed by atoms with Crippen LogP contribution in [-0.4, -0.2) is 36.6 Å². The van der Waals surface area contributed by atoms with Crippen molar-refractivity contribution >= 4 is 17.7 Å². The Labute approximate surface area is 128 Å². The van der Waals surface area contributed by atoms with Gasteiger partial charge >= 0.3 is 0 Å². The van der Waals surface area contributed by atoms with Crippen molar-refractivity contribution in [2.24, 2.45) is 4.99 Å². The summed E-state index contributed by atoms with van der Waals surface area (Å²) in [7, 11) is 1.86. The Morgan fingerprint density at radius 3 is 2.90 bits per heavy atom. The zero-order chi connectivity index (χ0) is 14.3. The molecule has 1 heterocycles. The Bertz CT molecular complexity index is 357. The van der Waals surface area contributed by atoms with E-state index in [0.717, 1.165) is 25.5 Å². The van der Waals surface area contributed by atoms with Crippen LogP contribution in [0.4, 0.5) is 0 Å². The smallest absolute Gasteiger partial charge is 0.191 e. The standard InChI is InChI=1S/C16H29N3S/c1-16(10-6-12-20-16)13-19-15(17-2)18-11-9-14-7-4-3-5-8-14/h7H,3-6,8-13H2,1-2H3,(H2,17,18,19). The lowest BCUT2D eigenvalue weighted by Crippen LogP contribution is -2.43. The number of allylic oxidation sites excluding steroid dienone is 1. The Balaban J connectivity index is 1.66. The Morgan fingerprint density at radius 2 is 2.25 bits per heavy atom. The van der Waals surface area contributed by atoms with E-state index in [1.165, 1.54) is 44.3 Å². The Hall–Kier alpha value is -0.640. The van der Waals surface area contributed by atoms with Gasteiger partial charge in [0.2, 0.25) is 0 Å². The maximum atomic E-state index is 4.33. The molecule has 20 heavy (non-hydrogen) atoms. The van der Waals surface area contributed by atoms with Crippen LogP contribution in [0.2, 0.25) is 0 Å². The highest BCUT2D eigenvalue weighted by Gasteiger charge is 2.29. The van der Waals surface area contributed by atoms with E-state index in [1.807, 2.05) is 7.05 Å². The van der Waals surface area contributed by atoms with Crippen LogP contribution in [0.25, 0.3) is 0 Å². The van der Waals surface area contributed by atoms with Gasteiger partial charge in [-0.05, 0) is 57.6 Å². The zero-order valence-corrected chi connectivity index (χ0v) is 13.8. The van der Waals surface area contributed by atoms with Crippen molar-refractivity contribution in [2.75, 3.05) is 25.9 Å². The molecule has 0 amide bonds. The molecule has 2 aliphatic rings. The summed E-state index contributed by atoms with van der Waals surface area (Å²) in [5.74, 6) is 2.26. The maximum absolute atomic E-state index is 4.33. The molecular formula is C16H29N3S. The highest BCUT2D eigenvalue weighted by Crippen LogP contribution is 2.36. The first-order valence-electron chi connectivity index (χ1n) is 7.98. The third kappa shape index (κ3) is 5.04. The summed E-state index contributed by atoms with van der Waals surface area (Å²) in [4.78, 5) is 4.33. The van der Waals surface area contributed by atoms with Crippen molar-refractivity contribution in [3.8, 4) is 0 Å². The topological polar surface area (TPSA) is 36.4 Å². The molecule has 0 aromatic rings. The molecule has 0 saturated carbocycles. The molecule has 1 unspecified atom stereocenters. The lowest BCUT2D eigenvalue weighted by molar-refractivity contribution is 0.584. The van der Waals surface area contributed by atoms with Crippen LogP contribution in [0.5, 0.6) is 0 Å². The highest BCUT2D eigenvalue weighted by molar-refractivity contribution is 8.00. The average Bonchev–Trinajstić information content (AvgIpc) is 2.91. The fourth-order valence-electron chi connectivity index (χ4n) is 2.94. The number of nitrogens with one attached hydrogen (secondary N) is 2. The fraction of sp³-hybridized carbons (Fsp3) is 0.812. The van der Waals surface area contributed by atoms with E-state index >= 15 is 0 Å². The predicted molar refractivity (Wildman–Crippen MR) is 90.6 cm³/mol. The van der Waals surface area contributed by atoms with Gasteiger partial charge in [0.15, 0.2) is 5.96 Å². The molecule has 2 rings (SSSR count). The van der Waals surface area contributed by atoms with E-state index in [9.17, 15) is 0 Å². The van der Waals surface area contributed by atoms with Crippen molar-refractivity contribution in [1.82, 2.24) is 10.6 Å². The molecule has 1 fully saturated rings. The van der Waals surface area contributed by atoms with Crippen LogP contribution >= 0.6 is 11.8 Å². The predicted octanol–water partition coefficient (Wildman–Crippen LogP) is 3.33. The summed E-state index contributed by atoms with van der Waals surface area (Å²) in [6.45, 7) is 4.37. The van der Waals surface area contributed by atoms with E-state index in [4.69, 9.17) is 0 Å². The fourth-order valence-corrected chi connectivity index (χ4v) is 4.19. The lowest BCUT2D eigenvalue weighted by Gasteiger charge is -2.24. The summed E-state index contributed by atoms with van der Waals surface area (Å²) in [6, 6.07) is 0. The van der Waals surface area contributed by atoms with E-state index in [2.05, 4.69) is 40.4 Å². The molecule has 0 aromatic carbocycles. The van der Waals surface area contributed by atoms with Crippen molar-refractivity contribution in [1.29, 1.82) is 0 Å². The van der Waals surface area contributed by atoms with Gasteiger partial charge in [-0.25, -0.2) is 0 Å². The molecule has 0 bridgehead atoms. The van der Waals surface area contributed by atoms with Gasteiger partial charge in [0.25, 0.3) is 0 Å². The monoisotopic (exact) mass is 295 g/mol. The van der Waals surface area contributed by atoms with Crippen LogP contribution in [0.15, 0.2) is 16.6 Å². The van der Waals surface area contributed by atoms with Gasteiger partial charge in [0.05, 0.1) is 0 Å². The zero-order valence-electron chi connectivity index (χ0n) is 13.0. The third-order valence-electron chi connectivity index (χ3n) is 4.28. The molecule has 114 valence electrons. The SMILES string of the molecule is CN=C(NCCC1=CCCCC1)NCC1(C)CCCS1. The summed E-state index contributed by atoms with van der Waals surface area (Å²) >= 11 is 2.09. The maximum Gasteiger partial charge on any atom is 0.191 e. The van der Waals surface area contributed by atoms with Crippen molar-refractivity contribution < 1.29 is 0 Å². The van der Waals surface area contributed by atoms with E-state index in [1.54, 1.807) is 5.57 Å². The molecule has 1 aliphatic carbocycles. The Kier molecular flexibility index (Phi) is 6.27. The van der Waals surface area contributed by atoms with Gasteiger partial charge in [0.1, 0.15) is 0 Å². The first kappa shape index (κ1) is 15.7. The van der Waals surface area contributed by atoms with E-state index < -0.39 is 0 Å². The molecule has 3 nitrogen and oxygen atoms in total. The van der Waals surface area contributed by atoms with Gasteiger partial charge in [-0.1, -0.05) is 11.6 Å². The Morgan fingerprint density at radius 1 is 1.35 bits per heavy atom. The minimum absolute atomic E-state index is 0.392. The molecule has 2 N–H and O–H groups in total. The average molecular weight is 295 g/mol. The van der Waals surface area contributed by atoms with Gasteiger partial charge in [0, 0.05) is 24.9 Å². The second-order valence-corrected chi connectivity index (χ2v) is 7.80. The number of guanidine groups is 1.